The maximum Gasteiger partial charge on any atom is 0.241 e. The van der Waals surface area contributed by atoms with Gasteiger partial charge in [0.25, 0.3) is 0 Å². The standard InChI is InChI=1S/C16H25FN6O/c1-3-18-14(24)10-21-16(19-4-2)22-12-7-9-23(11-12)15-13(17)6-5-8-20-15/h5-6,8,12H,3-4,7,9-11H2,1-2H3,(H,18,24)(H2,19,21,22). The highest BCUT2D eigenvalue weighted by molar-refractivity contribution is 5.85. The highest BCUT2D eigenvalue weighted by atomic mass is 19.1. The third-order valence-corrected chi connectivity index (χ3v) is 3.67. The van der Waals surface area contributed by atoms with Gasteiger partial charge in [0.15, 0.2) is 17.6 Å². The summed E-state index contributed by atoms with van der Waals surface area (Å²) < 4.78 is 13.8. The van der Waals surface area contributed by atoms with Gasteiger partial charge in [-0.1, -0.05) is 0 Å². The summed E-state index contributed by atoms with van der Waals surface area (Å²) in [6.07, 6.45) is 2.44. The number of guanidine groups is 1. The SMILES string of the molecule is CCNC(=O)CN=C(NCC)NC1CCN(c2ncccc2F)C1. The number of aromatic nitrogens is 1. The number of carbonyl (C=O) groups is 1. The van der Waals surface area contributed by atoms with E-state index in [-0.39, 0.29) is 24.3 Å². The number of pyridine rings is 1. The number of hydrogen-bond acceptors (Lipinski definition) is 4. The zero-order valence-electron chi connectivity index (χ0n) is 14.2. The van der Waals surface area contributed by atoms with Crippen LogP contribution in [0.2, 0.25) is 0 Å². The molecule has 0 saturated carbocycles. The third kappa shape index (κ3) is 5.07. The van der Waals surface area contributed by atoms with Crippen LogP contribution in [0.15, 0.2) is 23.3 Å². The molecule has 1 fully saturated rings. The average Bonchev–Trinajstić information content (AvgIpc) is 3.02. The molecule has 8 heteroatoms. The average molecular weight is 336 g/mol. The molecular weight excluding hydrogens is 311 g/mol. The van der Waals surface area contributed by atoms with E-state index >= 15 is 0 Å². The molecule has 0 aromatic carbocycles. The Bertz CT molecular complexity index is 579. The summed E-state index contributed by atoms with van der Waals surface area (Å²) in [6, 6.07) is 3.13. The highest BCUT2D eigenvalue weighted by Crippen LogP contribution is 2.20. The van der Waals surface area contributed by atoms with Gasteiger partial charge in [-0.2, -0.15) is 0 Å². The Morgan fingerprint density at radius 1 is 1.42 bits per heavy atom. The Morgan fingerprint density at radius 2 is 2.21 bits per heavy atom. The van der Waals surface area contributed by atoms with Gasteiger partial charge in [0.05, 0.1) is 0 Å². The molecule has 1 aromatic rings. The number of rotatable bonds is 6. The van der Waals surface area contributed by atoms with E-state index in [1.165, 1.54) is 6.07 Å². The lowest BCUT2D eigenvalue weighted by Gasteiger charge is -2.19. The zero-order chi connectivity index (χ0) is 17.4. The minimum absolute atomic E-state index is 0.0779. The minimum atomic E-state index is -0.310. The molecule has 2 rings (SSSR count). The monoisotopic (exact) mass is 336 g/mol. The predicted molar refractivity (Wildman–Crippen MR) is 92.6 cm³/mol. The molecule has 7 nitrogen and oxygen atoms in total. The predicted octanol–water partition coefficient (Wildman–Crippen LogP) is 0.491. The Balaban J connectivity index is 1.92. The van der Waals surface area contributed by atoms with Gasteiger partial charge in [0.1, 0.15) is 6.54 Å². The van der Waals surface area contributed by atoms with Crippen LogP contribution in [0.25, 0.3) is 0 Å². The molecule has 24 heavy (non-hydrogen) atoms. The first-order chi connectivity index (χ1) is 11.6. The van der Waals surface area contributed by atoms with Gasteiger partial charge < -0.3 is 20.9 Å². The van der Waals surface area contributed by atoms with E-state index in [0.717, 1.165) is 13.0 Å². The van der Waals surface area contributed by atoms with Crippen molar-refractivity contribution >= 4 is 17.7 Å². The number of amides is 1. The molecule has 1 aromatic heterocycles. The van der Waals surface area contributed by atoms with E-state index in [0.29, 0.717) is 31.4 Å². The minimum Gasteiger partial charge on any atom is -0.357 e. The Labute approximate surface area is 141 Å². The first-order valence-electron chi connectivity index (χ1n) is 8.31. The lowest BCUT2D eigenvalue weighted by atomic mass is 10.3. The first-order valence-corrected chi connectivity index (χ1v) is 8.31. The van der Waals surface area contributed by atoms with E-state index in [1.54, 1.807) is 12.3 Å². The van der Waals surface area contributed by atoms with Gasteiger partial charge in [-0.3, -0.25) is 4.79 Å². The third-order valence-electron chi connectivity index (χ3n) is 3.67. The molecule has 0 spiro atoms. The van der Waals surface area contributed by atoms with Crippen molar-refractivity contribution in [3.05, 3.63) is 24.1 Å². The molecular formula is C16H25FN6O. The number of anilines is 1. The zero-order valence-corrected chi connectivity index (χ0v) is 14.2. The topological polar surface area (TPSA) is 81.6 Å². The lowest BCUT2D eigenvalue weighted by Crippen LogP contribution is -2.45. The van der Waals surface area contributed by atoms with Crippen LogP contribution in [0.3, 0.4) is 0 Å². The molecule has 1 saturated heterocycles. The van der Waals surface area contributed by atoms with Crippen LogP contribution in [-0.2, 0) is 4.79 Å². The van der Waals surface area contributed by atoms with Gasteiger partial charge in [0, 0.05) is 38.4 Å². The van der Waals surface area contributed by atoms with Crippen LogP contribution in [0.4, 0.5) is 10.2 Å². The summed E-state index contributed by atoms with van der Waals surface area (Å²) in [6.45, 7) is 6.57. The summed E-state index contributed by atoms with van der Waals surface area (Å²) in [5.74, 6) is 0.552. The second-order valence-corrected chi connectivity index (χ2v) is 5.53. The van der Waals surface area contributed by atoms with Gasteiger partial charge >= 0.3 is 0 Å². The van der Waals surface area contributed by atoms with Crippen molar-refractivity contribution in [2.24, 2.45) is 4.99 Å². The number of hydrogen-bond donors (Lipinski definition) is 3. The van der Waals surface area contributed by atoms with Crippen molar-refractivity contribution in [1.29, 1.82) is 0 Å². The molecule has 1 aliphatic rings. The van der Waals surface area contributed by atoms with Crippen LogP contribution in [-0.4, -0.2) is 55.6 Å². The van der Waals surface area contributed by atoms with E-state index in [2.05, 4.69) is 25.9 Å². The Morgan fingerprint density at radius 3 is 2.92 bits per heavy atom. The summed E-state index contributed by atoms with van der Waals surface area (Å²) in [5.41, 5.74) is 0. The quantitative estimate of drug-likeness (QED) is 0.520. The number of halogens is 1. The smallest absolute Gasteiger partial charge is 0.241 e. The molecule has 1 unspecified atom stereocenters. The van der Waals surface area contributed by atoms with Crippen molar-refractivity contribution in [2.45, 2.75) is 26.3 Å². The van der Waals surface area contributed by atoms with Crippen molar-refractivity contribution in [3.63, 3.8) is 0 Å². The second-order valence-electron chi connectivity index (χ2n) is 5.53. The number of carbonyl (C=O) groups excluding carboxylic acids is 1. The Hall–Kier alpha value is -2.38. The van der Waals surface area contributed by atoms with E-state index in [9.17, 15) is 9.18 Å². The van der Waals surface area contributed by atoms with Crippen molar-refractivity contribution < 1.29 is 9.18 Å². The summed E-state index contributed by atoms with van der Waals surface area (Å²) in [7, 11) is 0. The van der Waals surface area contributed by atoms with Crippen molar-refractivity contribution in [1.82, 2.24) is 20.9 Å². The van der Waals surface area contributed by atoms with Crippen molar-refractivity contribution in [3.8, 4) is 0 Å². The molecule has 132 valence electrons. The number of nitrogens with zero attached hydrogens (tertiary/aromatic N) is 3. The number of likely N-dealkylation sites (N-methyl/N-ethyl adjacent to an activating group) is 1. The normalized spacial score (nSPS) is 17.7. The fraction of sp³-hybridized carbons (Fsp3) is 0.562. The lowest BCUT2D eigenvalue weighted by molar-refractivity contribution is -0.119. The van der Waals surface area contributed by atoms with Crippen LogP contribution in [0.5, 0.6) is 0 Å². The highest BCUT2D eigenvalue weighted by Gasteiger charge is 2.25. The summed E-state index contributed by atoms with van der Waals surface area (Å²) >= 11 is 0. The molecule has 3 N–H and O–H groups in total. The fourth-order valence-corrected chi connectivity index (χ4v) is 2.60. The first kappa shape index (κ1) is 18.0. The largest absolute Gasteiger partial charge is 0.357 e. The van der Waals surface area contributed by atoms with Crippen LogP contribution in [0.1, 0.15) is 20.3 Å². The Kier molecular flexibility index (Phi) is 6.77. The van der Waals surface area contributed by atoms with Crippen LogP contribution in [0, 0.1) is 5.82 Å². The molecule has 2 heterocycles. The van der Waals surface area contributed by atoms with Gasteiger partial charge in [-0.05, 0) is 32.4 Å². The number of aliphatic imine (C=N–C) groups is 1. The molecule has 1 atom stereocenters. The van der Waals surface area contributed by atoms with Gasteiger partial charge in [-0.15, -0.1) is 0 Å². The van der Waals surface area contributed by atoms with E-state index in [1.807, 2.05) is 18.7 Å². The molecule has 1 amide bonds. The summed E-state index contributed by atoms with van der Waals surface area (Å²) in [5, 5.41) is 9.14. The fourth-order valence-electron chi connectivity index (χ4n) is 2.60. The van der Waals surface area contributed by atoms with Crippen LogP contribution < -0.4 is 20.9 Å². The van der Waals surface area contributed by atoms with Gasteiger partial charge in [0.2, 0.25) is 5.91 Å². The molecule has 0 bridgehead atoms. The number of nitrogens with one attached hydrogen (secondary N) is 3. The maximum absolute atomic E-state index is 13.8. The molecule has 1 aliphatic heterocycles. The van der Waals surface area contributed by atoms with Gasteiger partial charge in [-0.25, -0.2) is 14.4 Å². The van der Waals surface area contributed by atoms with Crippen molar-refractivity contribution in [2.75, 3.05) is 37.6 Å². The van der Waals surface area contributed by atoms with Crippen LogP contribution >= 0.6 is 0 Å². The molecule has 0 aliphatic carbocycles. The van der Waals surface area contributed by atoms with E-state index < -0.39 is 0 Å². The second kappa shape index (κ2) is 9.05. The molecule has 0 radical (unpaired) electrons. The van der Waals surface area contributed by atoms with E-state index in [4.69, 9.17) is 0 Å². The maximum atomic E-state index is 13.8. The summed E-state index contributed by atoms with van der Waals surface area (Å²) in [4.78, 5) is 21.8.